The quantitative estimate of drug-likeness (QED) is 0.430. The fourth-order valence-corrected chi connectivity index (χ4v) is 4.18. The van der Waals surface area contributed by atoms with Crippen molar-refractivity contribution in [3.8, 4) is 0 Å². The molecule has 3 rings (SSSR count). The Hall–Kier alpha value is -2.62. The van der Waals surface area contributed by atoms with Crippen molar-refractivity contribution in [3.05, 3.63) is 69.7 Å². The van der Waals surface area contributed by atoms with E-state index < -0.39 is 17.8 Å². The van der Waals surface area contributed by atoms with E-state index in [0.717, 1.165) is 0 Å². The van der Waals surface area contributed by atoms with Gasteiger partial charge in [0.05, 0.1) is 28.1 Å². The van der Waals surface area contributed by atoms with Crippen LogP contribution in [0.3, 0.4) is 0 Å². The van der Waals surface area contributed by atoms with E-state index in [0.29, 0.717) is 33.3 Å². The molecule has 1 aromatic heterocycles. The molecular formula is C21H20Cl2FN5O2S. The van der Waals surface area contributed by atoms with Crippen molar-refractivity contribution in [2.75, 3.05) is 11.1 Å². The molecule has 32 heavy (non-hydrogen) atoms. The van der Waals surface area contributed by atoms with Crippen LogP contribution < -0.4 is 10.6 Å². The summed E-state index contributed by atoms with van der Waals surface area (Å²) in [5, 5.41) is 15.1. The third-order valence-electron chi connectivity index (χ3n) is 4.45. The number of halogens is 3. The van der Waals surface area contributed by atoms with Crippen LogP contribution in [-0.4, -0.2) is 32.3 Å². The summed E-state index contributed by atoms with van der Waals surface area (Å²) < 4.78 is 15.7. The second-order valence-corrected chi connectivity index (χ2v) is 8.51. The molecule has 0 bridgehead atoms. The lowest BCUT2D eigenvalue weighted by Crippen LogP contribution is -2.29. The number of anilines is 1. The molecule has 0 aliphatic carbocycles. The van der Waals surface area contributed by atoms with Gasteiger partial charge in [-0.05, 0) is 44.2 Å². The lowest BCUT2D eigenvalue weighted by Gasteiger charge is -2.15. The van der Waals surface area contributed by atoms with E-state index in [4.69, 9.17) is 23.2 Å². The van der Waals surface area contributed by atoms with Gasteiger partial charge in [0.25, 0.3) is 5.91 Å². The largest absolute Gasteiger partial charge is 0.342 e. The number of benzene rings is 2. The van der Waals surface area contributed by atoms with Crippen LogP contribution in [-0.2, 0) is 11.3 Å². The molecule has 0 radical (unpaired) electrons. The van der Waals surface area contributed by atoms with E-state index in [1.807, 2.05) is 6.92 Å². The summed E-state index contributed by atoms with van der Waals surface area (Å²) >= 11 is 13.1. The highest BCUT2D eigenvalue weighted by Crippen LogP contribution is 2.26. The molecule has 7 nitrogen and oxygen atoms in total. The first-order chi connectivity index (χ1) is 15.3. The van der Waals surface area contributed by atoms with Gasteiger partial charge in [-0.15, -0.1) is 10.2 Å². The van der Waals surface area contributed by atoms with Crippen molar-refractivity contribution < 1.29 is 14.0 Å². The first-order valence-corrected chi connectivity index (χ1v) is 11.4. The first-order valence-electron chi connectivity index (χ1n) is 9.66. The van der Waals surface area contributed by atoms with E-state index in [9.17, 15) is 14.0 Å². The first kappa shape index (κ1) is 24.0. The summed E-state index contributed by atoms with van der Waals surface area (Å²) in [6, 6.07) is 10.0. The molecule has 2 aromatic carbocycles. The molecule has 3 aromatic rings. The number of thioether (sulfide) groups is 1. The fourth-order valence-electron chi connectivity index (χ4n) is 2.92. The molecule has 0 spiro atoms. The molecular weight excluding hydrogens is 476 g/mol. The molecule has 2 amide bonds. The van der Waals surface area contributed by atoms with E-state index in [1.54, 1.807) is 35.8 Å². The molecule has 2 N–H and O–H groups in total. The van der Waals surface area contributed by atoms with Gasteiger partial charge >= 0.3 is 0 Å². The average Bonchev–Trinajstić information content (AvgIpc) is 3.17. The Balaban J connectivity index is 1.64. The van der Waals surface area contributed by atoms with Gasteiger partial charge in [-0.3, -0.25) is 9.59 Å². The third kappa shape index (κ3) is 5.79. The molecule has 11 heteroatoms. The number of rotatable bonds is 8. The molecule has 0 saturated heterocycles. The van der Waals surface area contributed by atoms with Crippen LogP contribution in [0.5, 0.6) is 0 Å². The third-order valence-corrected chi connectivity index (χ3v) is 5.97. The highest BCUT2D eigenvalue weighted by Gasteiger charge is 2.21. The zero-order chi connectivity index (χ0) is 23.3. The Labute approximate surface area is 198 Å². The van der Waals surface area contributed by atoms with Crippen molar-refractivity contribution >= 4 is 52.5 Å². The minimum absolute atomic E-state index is 0.0472. The Morgan fingerprint density at radius 2 is 1.94 bits per heavy atom. The Kier molecular flexibility index (Phi) is 8.11. The summed E-state index contributed by atoms with van der Waals surface area (Å²) in [5.74, 6) is -0.840. The van der Waals surface area contributed by atoms with Crippen LogP contribution in [0.4, 0.5) is 10.1 Å². The minimum Gasteiger partial charge on any atom is -0.342 e. The highest BCUT2D eigenvalue weighted by atomic mass is 35.5. The lowest BCUT2D eigenvalue weighted by molar-refractivity contribution is -0.113. The summed E-state index contributed by atoms with van der Waals surface area (Å²) in [6.45, 7) is 4.16. The SMILES string of the molecule is CCn1c(SCC(=O)Nc2ccc(Cl)cc2Cl)nnc1[C@H](C)NC(=O)c1ccccc1F. The van der Waals surface area contributed by atoms with Crippen LogP contribution in [0.15, 0.2) is 47.6 Å². The van der Waals surface area contributed by atoms with Gasteiger partial charge in [0.15, 0.2) is 11.0 Å². The van der Waals surface area contributed by atoms with Crippen LogP contribution in [0, 0.1) is 5.82 Å². The predicted molar refractivity (Wildman–Crippen MR) is 124 cm³/mol. The molecule has 0 unspecified atom stereocenters. The smallest absolute Gasteiger partial charge is 0.254 e. The molecule has 0 saturated carbocycles. The second-order valence-electron chi connectivity index (χ2n) is 6.72. The van der Waals surface area contributed by atoms with Gasteiger partial charge in [0.2, 0.25) is 5.91 Å². The van der Waals surface area contributed by atoms with Gasteiger partial charge in [-0.2, -0.15) is 0 Å². The number of nitrogens with one attached hydrogen (secondary N) is 2. The summed E-state index contributed by atoms with van der Waals surface area (Å²) in [7, 11) is 0. The predicted octanol–water partition coefficient (Wildman–Crippen LogP) is 4.97. The normalized spacial score (nSPS) is 11.8. The number of nitrogens with zero attached hydrogens (tertiary/aromatic N) is 3. The summed E-state index contributed by atoms with van der Waals surface area (Å²) in [5.41, 5.74) is 0.415. The maximum atomic E-state index is 13.9. The van der Waals surface area contributed by atoms with Gasteiger partial charge in [-0.25, -0.2) is 4.39 Å². The van der Waals surface area contributed by atoms with Gasteiger partial charge < -0.3 is 15.2 Å². The standard InChI is InChI=1S/C21H20Cl2FN5O2S/c1-3-29-19(12(2)25-20(31)14-6-4-5-7-16(14)24)27-28-21(29)32-11-18(30)26-17-9-8-13(22)10-15(17)23/h4-10,12H,3,11H2,1-2H3,(H,25,31)(H,26,30)/t12-/m0/s1. The van der Waals surface area contributed by atoms with E-state index in [2.05, 4.69) is 20.8 Å². The number of hydrogen-bond acceptors (Lipinski definition) is 5. The van der Waals surface area contributed by atoms with E-state index >= 15 is 0 Å². The van der Waals surface area contributed by atoms with Crippen molar-refractivity contribution in [3.63, 3.8) is 0 Å². The maximum absolute atomic E-state index is 13.9. The number of amides is 2. The van der Waals surface area contributed by atoms with Gasteiger partial charge in [0.1, 0.15) is 5.82 Å². The van der Waals surface area contributed by atoms with Crippen LogP contribution >= 0.6 is 35.0 Å². The fraction of sp³-hybridized carbons (Fsp3) is 0.238. The minimum atomic E-state index is -0.600. The van der Waals surface area contributed by atoms with Gasteiger partial charge in [0, 0.05) is 11.6 Å². The van der Waals surface area contributed by atoms with Crippen molar-refractivity contribution in [1.29, 1.82) is 0 Å². The van der Waals surface area contributed by atoms with Crippen LogP contribution in [0.1, 0.15) is 36.1 Å². The maximum Gasteiger partial charge on any atom is 0.254 e. The zero-order valence-electron chi connectivity index (χ0n) is 17.2. The highest BCUT2D eigenvalue weighted by molar-refractivity contribution is 7.99. The topological polar surface area (TPSA) is 88.9 Å². The Morgan fingerprint density at radius 3 is 2.62 bits per heavy atom. The Morgan fingerprint density at radius 1 is 1.19 bits per heavy atom. The van der Waals surface area contributed by atoms with Crippen molar-refractivity contribution in [2.24, 2.45) is 0 Å². The molecule has 0 aliphatic rings. The number of carbonyl (C=O) groups excluding carboxylic acids is 2. The average molecular weight is 496 g/mol. The molecule has 168 valence electrons. The number of carbonyl (C=O) groups is 2. The van der Waals surface area contributed by atoms with Crippen molar-refractivity contribution in [2.45, 2.75) is 31.6 Å². The monoisotopic (exact) mass is 495 g/mol. The molecule has 1 atom stereocenters. The second kappa shape index (κ2) is 10.8. The summed E-state index contributed by atoms with van der Waals surface area (Å²) in [6.07, 6.45) is 0. The number of hydrogen-bond donors (Lipinski definition) is 2. The van der Waals surface area contributed by atoms with Crippen LogP contribution in [0.2, 0.25) is 10.0 Å². The summed E-state index contributed by atoms with van der Waals surface area (Å²) in [4.78, 5) is 24.7. The van der Waals surface area contributed by atoms with Crippen LogP contribution in [0.25, 0.3) is 0 Å². The molecule has 1 heterocycles. The molecule has 0 aliphatic heterocycles. The zero-order valence-corrected chi connectivity index (χ0v) is 19.6. The van der Waals surface area contributed by atoms with E-state index in [1.165, 1.54) is 30.0 Å². The Bertz CT molecular complexity index is 1140. The number of aromatic nitrogens is 3. The van der Waals surface area contributed by atoms with Crippen molar-refractivity contribution in [1.82, 2.24) is 20.1 Å². The lowest BCUT2D eigenvalue weighted by atomic mass is 10.2. The van der Waals surface area contributed by atoms with Gasteiger partial charge in [-0.1, -0.05) is 47.1 Å². The van der Waals surface area contributed by atoms with E-state index in [-0.39, 0.29) is 17.2 Å². The molecule has 0 fully saturated rings.